The summed E-state index contributed by atoms with van der Waals surface area (Å²) in [5.41, 5.74) is -0.658. The molecule has 0 aromatic carbocycles. The van der Waals surface area contributed by atoms with Gasteiger partial charge in [0.1, 0.15) is 25.4 Å². The number of carbonyl (C=O) groups is 1. The first-order valence-corrected chi connectivity index (χ1v) is 13.5. The summed E-state index contributed by atoms with van der Waals surface area (Å²) < 4.78 is 22.4. The van der Waals surface area contributed by atoms with Gasteiger partial charge in [-0.1, -0.05) is 90.4 Å². The van der Waals surface area contributed by atoms with Gasteiger partial charge in [-0.15, -0.1) is 0 Å². The van der Waals surface area contributed by atoms with Crippen LogP contribution >= 0.6 is 0 Å². The van der Waals surface area contributed by atoms with Crippen LogP contribution in [0.3, 0.4) is 0 Å². The normalized spacial score (nSPS) is 13.6. The molecule has 0 aliphatic rings. The van der Waals surface area contributed by atoms with Crippen LogP contribution in [0.5, 0.6) is 0 Å². The lowest BCUT2D eigenvalue weighted by molar-refractivity contribution is -0.870. The minimum atomic E-state index is -0.658. The van der Waals surface area contributed by atoms with E-state index in [1.807, 2.05) is 28.1 Å². The highest BCUT2D eigenvalue weighted by Gasteiger charge is 2.27. The summed E-state index contributed by atoms with van der Waals surface area (Å²) in [6.45, 7) is 6.46. The highest BCUT2D eigenvalue weighted by molar-refractivity contribution is 5.59. The standard InChI is InChI=1S/C27H56NO5/c1-7-8-9-10-11-12-13-14-15-16-17-18-19-20-22-31-24-27(2,30-6)25-33-26(29)32-23-21-28(3,4)5/h7-25H2,1-6H3/q+1. The van der Waals surface area contributed by atoms with E-state index in [4.69, 9.17) is 18.9 Å². The van der Waals surface area contributed by atoms with Crippen LogP contribution in [0.4, 0.5) is 4.79 Å². The molecule has 6 nitrogen and oxygen atoms in total. The second-order valence-corrected chi connectivity index (χ2v) is 10.7. The largest absolute Gasteiger partial charge is 0.508 e. The molecule has 6 heteroatoms. The van der Waals surface area contributed by atoms with E-state index >= 15 is 0 Å². The maximum Gasteiger partial charge on any atom is 0.508 e. The first-order chi connectivity index (χ1) is 15.7. The zero-order chi connectivity index (χ0) is 24.8. The SMILES string of the molecule is CCCCCCCCCCCCCCCCOCC(C)(COC(=O)OCC[N+](C)(C)C)OC. The molecule has 0 bridgehead atoms. The smallest absolute Gasteiger partial charge is 0.431 e. The second-order valence-electron chi connectivity index (χ2n) is 10.7. The summed E-state index contributed by atoms with van der Waals surface area (Å²) >= 11 is 0. The molecule has 0 heterocycles. The number of ether oxygens (including phenoxy) is 4. The Kier molecular flexibility index (Phi) is 20.0. The number of hydrogen-bond donors (Lipinski definition) is 0. The molecule has 0 spiro atoms. The van der Waals surface area contributed by atoms with Crippen LogP contribution in [0.2, 0.25) is 0 Å². The number of hydrogen-bond acceptors (Lipinski definition) is 5. The van der Waals surface area contributed by atoms with Gasteiger partial charge in [0.2, 0.25) is 0 Å². The molecule has 0 fully saturated rings. The summed E-state index contributed by atoms with van der Waals surface area (Å²) in [5, 5.41) is 0. The molecular weight excluding hydrogens is 418 g/mol. The van der Waals surface area contributed by atoms with Crippen molar-refractivity contribution in [3.05, 3.63) is 0 Å². The first kappa shape index (κ1) is 32.1. The second kappa shape index (κ2) is 20.5. The third kappa shape index (κ3) is 22.7. The number of quaternary nitrogens is 1. The Morgan fingerprint density at radius 3 is 1.64 bits per heavy atom. The minimum absolute atomic E-state index is 0.117. The Labute approximate surface area is 205 Å². The molecule has 0 saturated heterocycles. The van der Waals surface area contributed by atoms with Gasteiger partial charge in [0.25, 0.3) is 0 Å². The van der Waals surface area contributed by atoms with Crippen molar-refractivity contribution in [2.24, 2.45) is 0 Å². The number of unbranched alkanes of at least 4 members (excludes halogenated alkanes) is 13. The van der Waals surface area contributed by atoms with Crippen LogP contribution < -0.4 is 0 Å². The molecule has 0 N–H and O–H groups in total. The number of carbonyl (C=O) groups excluding carboxylic acids is 1. The van der Waals surface area contributed by atoms with Crippen LogP contribution in [0, 0.1) is 0 Å². The maximum atomic E-state index is 11.8. The van der Waals surface area contributed by atoms with Gasteiger partial charge < -0.3 is 23.4 Å². The van der Waals surface area contributed by atoms with E-state index in [0.29, 0.717) is 19.8 Å². The Morgan fingerprint density at radius 2 is 1.18 bits per heavy atom. The highest BCUT2D eigenvalue weighted by atomic mass is 16.7. The maximum absolute atomic E-state index is 11.8. The molecule has 198 valence electrons. The summed E-state index contributed by atoms with van der Waals surface area (Å²) in [5.74, 6) is 0. The van der Waals surface area contributed by atoms with E-state index in [1.165, 1.54) is 83.5 Å². The molecule has 0 aliphatic carbocycles. The quantitative estimate of drug-likeness (QED) is 0.0931. The summed E-state index contributed by atoms with van der Waals surface area (Å²) in [7, 11) is 7.76. The van der Waals surface area contributed by atoms with Gasteiger partial charge in [0.05, 0.1) is 27.7 Å². The van der Waals surface area contributed by atoms with Gasteiger partial charge >= 0.3 is 6.16 Å². The number of rotatable bonds is 23. The van der Waals surface area contributed by atoms with Crippen molar-refractivity contribution in [3.8, 4) is 0 Å². The number of nitrogens with zero attached hydrogens (tertiary/aromatic N) is 1. The summed E-state index contributed by atoms with van der Waals surface area (Å²) in [4.78, 5) is 11.8. The van der Waals surface area contributed by atoms with Gasteiger partial charge in [-0.2, -0.15) is 0 Å². The predicted octanol–water partition coefficient (Wildman–Crippen LogP) is 6.75. The van der Waals surface area contributed by atoms with Crippen molar-refractivity contribution in [1.82, 2.24) is 0 Å². The molecule has 1 atom stereocenters. The zero-order valence-electron chi connectivity index (χ0n) is 22.9. The fourth-order valence-corrected chi connectivity index (χ4v) is 3.50. The van der Waals surface area contributed by atoms with Crippen LogP contribution in [0.15, 0.2) is 0 Å². The van der Waals surface area contributed by atoms with Crippen LogP contribution in [-0.4, -0.2) is 77.5 Å². The van der Waals surface area contributed by atoms with Gasteiger partial charge in [0.15, 0.2) is 0 Å². The zero-order valence-corrected chi connectivity index (χ0v) is 22.9. The molecule has 0 aromatic heterocycles. The fraction of sp³-hybridized carbons (Fsp3) is 0.963. The molecule has 0 rings (SSSR count). The average molecular weight is 475 g/mol. The summed E-state index contributed by atoms with van der Waals surface area (Å²) in [6.07, 6.45) is 18.2. The minimum Gasteiger partial charge on any atom is -0.431 e. The van der Waals surface area contributed by atoms with Crippen molar-refractivity contribution in [3.63, 3.8) is 0 Å². The molecule has 0 radical (unpaired) electrons. The average Bonchev–Trinajstić information content (AvgIpc) is 2.76. The van der Waals surface area contributed by atoms with Gasteiger partial charge in [0, 0.05) is 13.7 Å². The van der Waals surface area contributed by atoms with E-state index in [0.717, 1.165) is 17.4 Å². The van der Waals surface area contributed by atoms with Crippen molar-refractivity contribution in [1.29, 1.82) is 0 Å². The molecule has 1 unspecified atom stereocenters. The third-order valence-electron chi connectivity index (χ3n) is 6.02. The van der Waals surface area contributed by atoms with E-state index in [2.05, 4.69) is 6.92 Å². The molecular formula is C27H56NO5+. The lowest BCUT2D eigenvalue weighted by Gasteiger charge is -2.27. The monoisotopic (exact) mass is 474 g/mol. The fourth-order valence-electron chi connectivity index (χ4n) is 3.50. The Bertz CT molecular complexity index is 452. The van der Waals surface area contributed by atoms with Crippen molar-refractivity contribution in [2.45, 2.75) is 109 Å². The molecule has 0 saturated carbocycles. The van der Waals surface area contributed by atoms with Gasteiger partial charge in [-0.25, -0.2) is 4.79 Å². The molecule has 0 amide bonds. The highest BCUT2D eigenvalue weighted by Crippen LogP contribution is 2.14. The number of methoxy groups -OCH3 is 1. The Morgan fingerprint density at radius 1 is 0.697 bits per heavy atom. The van der Waals surface area contributed by atoms with E-state index in [-0.39, 0.29) is 6.61 Å². The van der Waals surface area contributed by atoms with Gasteiger partial charge in [-0.05, 0) is 13.3 Å². The number of likely N-dealkylation sites (N-methyl/N-ethyl adjacent to an activating group) is 1. The Balaban J connectivity index is 3.57. The third-order valence-corrected chi connectivity index (χ3v) is 6.02. The van der Waals surface area contributed by atoms with E-state index in [1.54, 1.807) is 7.11 Å². The predicted molar refractivity (Wildman–Crippen MR) is 137 cm³/mol. The van der Waals surface area contributed by atoms with E-state index < -0.39 is 11.8 Å². The molecule has 0 aliphatic heterocycles. The molecule has 33 heavy (non-hydrogen) atoms. The van der Waals surface area contributed by atoms with Crippen molar-refractivity contribution < 1.29 is 28.2 Å². The van der Waals surface area contributed by atoms with Crippen LogP contribution in [-0.2, 0) is 18.9 Å². The van der Waals surface area contributed by atoms with Crippen LogP contribution in [0.25, 0.3) is 0 Å². The van der Waals surface area contributed by atoms with E-state index in [9.17, 15) is 4.79 Å². The topological polar surface area (TPSA) is 54.0 Å². The van der Waals surface area contributed by atoms with Crippen molar-refractivity contribution >= 4 is 6.16 Å². The first-order valence-electron chi connectivity index (χ1n) is 13.5. The van der Waals surface area contributed by atoms with Crippen molar-refractivity contribution in [2.75, 3.05) is 61.2 Å². The van der Waals surface area contributed by atoms with Crippen LogP contribution in [0.1, 0.15) is 104 Å². The lowest BCUT2D eigenvalue weighted by Crippen LogP contribution is -2.40. The van der Waals surface area contributed by atoms with Gasteiger partial charge in [-0.3, -0.25) is 0 Å². The Hall–Kier alpha value is -0.850. The lowest BCUT2D eigenvalue weighted by atomic mass is 10.0. The summed E-state index contributed by atoms with van der Waals surface area (Å²) in [6, 6.07) is 0. The molecule has 0 aromatic rings.